The Balaban J connectivity index is 2.75. The molecule has 0 aliphatic carbocycles. The monoisotopic (exact) mass is 266 g/mol. The van der Waals surface area contributed by atoms with Gasteiger partial charge in [-0.15, -0.1) is 0 Å². The fourth-order valence-electron chi connectivity index (χ4n) is 2.58. The van der Waals surface area contributed by atoms with Gasteiger partial charge in [0.05, 0.1) is 0 Å². The predicted octanol–water partition coefficient (Wildman–Crippen LogP) is 3.80. The maximum absolute atomic E-state index is 4.58. The Kier molecular flexibility index (Phi) is 6.16. The van der Waals surface area contributed by atoms with Crippen LogP contribution in [0.4, 0.5) is 0 Å². The van der Waals surface area contributed by atoms with Crippen LogP contribution in [0.15, 0.2) is 6.07 Å². The number of hydrogen-bond donors (Lipinski definition) is 1. The van der Waals surface area contributed by atoms with Crippen LogP contribution in [0.25, 0.3) is 0 Å². The van der Waals surface area contributed by atoms with Gasteiger partial charge in [0.15, 0.2) is 0 Å². The second-order valence-corrected chi connectivity index (χ2v) is 6.14. The van der Waals surface area contributed by atoms with Crippen molar-refractivity contribution < 1.29 is 0 Å². The summed E-state index contributed by atoms with van der Waals surface area (Å²) in [6.07, 6.45) is 3.37. The Morgan fingerprint density at radius 3 is 2.50 bits per heavy atom. The van der Waals surface area contributed by atoms with Crippen LogP contribution in [-0.2, 0) is 0 Å². The molecule has 1 aromatic rings. The molecule has 3 heteroatoms. The van der Waals surface area contributed by atoms with Gasteiger partial charge in [0.1, 0.15) is 0 Å². The SMILES string of the molecule is CSCCC(C)NC(C)c1c(C)cc(C)nc1C. The Labute approximate surface area is 116 Å². The molecule has 0 saturated carbocycles. The number of nitrogens with zero attached hydrogens (tertiary/aromatic N) is 1. The molecule has 18 heavy (non-hydrogen) atoms. The Hall–Kier alpha value is -0.540. The van der Waals surface area contributed by atoms with Gasteiger partial charge in [0.25, 0.3) is 0 Å². The topological polar surface area (TPSA) is 24.9 Å². The molecule has 0 radical (unpaired) electrons. The maximum Gasteiger partial charge on any atom is 0.0426 e. The molecule has 0 saturated heterocycles. The summed E-state index contributed by atoms with van der Waals surface area (Å²) in [4.78, 5) is 4.58. The third-order valence-electron chi connectivity index (χ3n) is 3.31. The molecular weight excluding hydrogens is 240 g/mol. The maximum atomic E-state index is 4.58. The smallest absolute Gasteiger partial charge is 0.0426 e. The minimum atomic E-state index is 0.370. The molecule has 1 rings (SSSR count). The molecule has 102 valence electrons. The quantitative estimate of drug-likeness (QED) is 0.848. The molecule has 0 fully saturated rings. The van der Waals surface area contributed by atoms with Crippen molar-refractivity contribution in [2.45, 2.75) is 53.1 Å². The predicted molar refractivity (Wildman–Crippen MR) is 82.5 cm³/mol. The number of aryl methyl sites for hydroxylation is 3. The van der Waals surface area contributed by atoms with Gasteiger partial charge in [-0.1, -0.05) is 0 Å². The highest BCUT2D eigenvalue weighted by Gasteiger charge is 2.14. The van der Waals surface area contributed by atoms with Crippen LogP contribution in [0.3, 0.4) is 0 Å². The number of thioether (sulfide) groups is 1. The Bertz CT molecular complexity index is 367. The van der Waals surface area contributed by atoms with E-state index in [9.17, 15) is 0 Å². The van der Waals surface area contributed by atoms with Crippen LogP contribution in [0.2, 0.25) is 0 Å². The first-order valence-corrected chi connectivity index (χ1v) is 8.04. The van der Waals surface area contributed by atoms with Crippen molar-refractivity contribution in [2.24, 2.45) is 0 Å². The molecule has 2 nitrogen and oxygen atoms in total. The van der Waals surface area contributed by atoms with Gasteiger partial charge in [-0.3, -0.25) is 4.98 Å². The van der Waals surface area contributed by atoms with Crippen LogP contribution in [0.5, 0.6) is 0 Å². The highest BCUT2D eigenvalue weighted by molar-refractivity contribution is 7.98. The first kappa shape index (κ1) is 15.5. The van der Waals surface area contributed by atoms with Gasteiger partial charge in [0.2, 0.25) is 0 Å². The summed E-state index contributed by atoms with van der Waals surface area (Å²) in [6, 6.07) is 3.09. The summed E-state index contributed by atoms with van der Waals surface area (Å²) in [5, 5.41) is 3.68. The van der Waals surface area contributed by atoms with E-state index in [0.29, 0.717) is 12.1 Å². The highest BCUT2D eigenvalue weighted by atomic mass is 32.2. The number of rotatable bonds is 6. The van der Waals surface area contributed by atoms with Crippen molar-refractivity contribution in [1.82, 2.24) is 10.3 Å². The van der Waals surface area contributed by atoms with Gasteiger partial charge in [0, 0.05) is 23.5 Å². The number of pyridine rings is 1. The van der Waals surface area contributed by atoms with Crippen LogP contribution in [0.1, 0.15) is 48.8 Å². The van der Waals surface area contributed by atoms with Gasteiger partial charge in [-0.05, 0) is 70.2 Å². The summed E-state index contributed by atoms with van der Waals surface area (Å²) in [6.45, 7) is 10.9. The van der Waals surface area contributed by atoms with Crippen LogP contribution in [0, 0.1) is 20.8 Å². The molecule has 0 spiro atoms. The van der Waals surface area contributed by atoms with E-state index in [1.54, 1.807) is 0 Å². The highest BCUT2D eigenvalue weighted by Crippen LogP contribution is 2.22. The second-order valence-electron chi connectivity index (χ2n) is 5.15. The van der Waals surface area contributed by atoms with E-state index in [0.717, 1.165) is 11.4 Å². The van der Waals surface area contributed by atoms with E-state index in [1.165, 1.54) is 23.3 Å². The third kappa shape index (κ3) is 4.29. The third-order valence-corrected chi connectivity index (χ3v) is 3.95. The van der Waals surface area contributed by atoms with E-state index in [-0.39, 0.29) is 0 Å². The minimum Gasteiger partial charge on any atom is -0.308 e. The van der Waals surface area contributed by atoms with Crippen LogP contribution in [-0.4, -0.2) is 23.0 Å². The largest absolute Gasteiger partial charge is 0.308 e. The molecule has 0 aliphatic rings. The first-order chi connectivity index (χ1) is 8.45. The van der Waals surface area contributed by atoms with Gasteiger partial charge < -0.3 is 5.32 Å². The molecule has 1 aromatic heterocycles. The van der Waals surface area contributed by atoms with Crippen molar-refractivity contribution >= 4 is 11.8 Å². The zero-order chi connectivity index (χ0) is 13.7. The molecule has 0 bridgehead atoms. The van der Waals surface area contributed by atoms with Crippen LogP contribution < -0.4 is 5.32 Å². The Morgan fingerprint density at radius 2 is 1.94 bits per heavy atom. The van der Waals surface area contributed by atoms with E-state index >= 15 is 0 Å². The lowest BCUT2D eigenvalue weighted by Gasteiger charge is -2.23. The molecule has 0 aromatic carbocycles. The zero-order valence-electron chi connectivity index (χ0n) is 12.5. The van der Waals surface area contributed by atoms with Gasteiger partial charge >= 0.3 is 0 Å². The second kappa shape index (κ2) is 7.15. The summed E-state index contributed by atoms with van der Waals surface area (Å²) in [7, 11) is 0. The van der Waals surface area contributed by atoms with Crippen molar-refractivity contribution in [3.05, 3.63) is 28.6 Å². The van der Waals surface area contributed by atoms with Crippen molar-refractivity contribution in [3.63, 3.8) is 0 Å². The molecule has 0 aliphatic heterocycles. The van der Waals surface area contributed by atoms with E-state index in [2.05, 4.69) is 57.2 Å². The fraction of sp³-hybridized carbons (Fsp3) is 0.667. The lowest BCUT2D eigenvalue weighted by molar-refractivity contribution is 0.468. The van der Waals surface area contributed by atoms with Gasteiger partial charge in [-0.2, -0.15) is 11.8 Å². The van der Waals surface area contributed by atoms with E-state index in [4.69, 9.17) is 0 Å². The van der Waals surface area contributed by atoms with Gasteiger partial charge in [-0.25, -0.2) is 0 Å². The Morgan fingerprint density at radius 1 is 1.28 bits per heavy atom. The molecule has 2 atom stereocenters. The average Bonchev–Trinajstić information content (AvgIpc) is 2.24. The van der Waals surface area contributed by atoms with Crippen LogP contribution >= 0.6 is 11.8 Å². The lowest BCUT2D eigenvalue weighted by atomic mass is 9.99. The number of hydrogen-bond acceptors (Lipinski definition) is 3. The summed E-state index contributed by atoms with van der Waals surface area (Å²) in [5.41, 5.74) is 4.97. The fourth-order valence-corrected chi connectivity index (χ4v) is 3.17. The molecule has 0 amide bonds. The first-order valence-electron chi connectivity index (χ1n) is 6.65. The average molecular weight is 266 g/mol. The molecular formula is C15H26N2S. The summed E-state index contributed by atoms with van der Waals surface area (Å²) < 4.78 is 0. The lowest BCUT2D eigenvalue weighted by Crippen LogP contribution is -2.30. The summed E-state index contributed by atoms with van der Waals surface area (Å²) in [5.74, 6) is 1.21. The number of aromatic nitrogens is 1. The van der Waals surface area contributed by atoms with E-state index in [1.807, 2.05) is 11.8 Å². The number of nitrogens with one attached hydrogen (secondary N) is 1. The van der Waals surface area contributed by atoms with Crippen molar-refractivity contribution in [2.75, 3.05) is 12.0 Å². The zero-order valence-corrected chi connectivity index (χ0v) is 13.3. The molecule has 2 unspecified atom stereocenters. The molecule has 1 heterocycles. The normalized spacial score (nSPS) is 14.6. The van der Waals surface area contributed by atoms with Crippen molar-refractivity contribution in [1.29, 1.82) is 0 Å². The summed E-state index contributed by atoms with van der Waals surface area (Å²) >= 11 is 1.91. The van der Waals surface area contributed by atoms with Crippen molar-refractivity contribution in [3.8, 4) is 0 Å². The van der Waals surface area contributed by atoms with E-state index < -0.39 is 0 Å². The minimum absolute atomic E-state index is 0.370. The molecule has 1 N–H and O–H groups in total. The standard InChI is InChI=1S/C15H26N2S/c1-10-9-12(3)17-14(5)15(10)13(4)16-11(2)7-8-18-6/h9,11,13,16H,7-8H2,1-6H3.